The second kappa shape index (κ2) is 28.2. The summed E-state index contributed by atoms with van der Waals surface area (Å²) in [5, 5.41) is 26.9. The Kier molecular flexibility index (Phi) is 24.2. The normalized spacial score (nSPS) is 41.5. The molecule has 4 saturated heterocycles. The standard InChI is InChI=1S/C55H97N3O17/c1-27(2)21-40(59)71-47-34(9)44(28(3)22-29(4)46-50(66-19)49(65-18)42(60)38(13)70-46)73-52(63)37(12)48(72-41-23-31(6)58(17)26-33(8)68-41)35(10)45(74-53-43(61)39(56-67-20)24-32(7)69-53)30(5)25-55(14,51(62)36(47)11)75-54(64)57(15)16/h27-38,41-50,53,60-61H,21-26H2,1-20H3/t28?,29?,30-,31+,32+,33-,34-,35+,36+,37+,38+,41-,42+,43+,44+,45-,46?,47+,48-,49+,50-,53?,55-/m0/s1. The van der Waals surface area contributed by atoms with Crippen LogP contribution in [-0.2, 0) is 66.6 Å². The van der Waals surface area contributed by atoms with Crippen LogP contribution in [0, 0.1) is 47.3 Å². The number of likely N-dealkylation sites (N-methyl/N-ethyl adjacent to an activating group) is 1. The number of oxime groups is 1. The highest BCUT2D eigenvalue weighted by Gasteiger charge is 2.53. The maximum absolute atomic E-state index is 15.7. The summed E-state index contributed by atoms with van der Waals surface area (Å²) in [6.45, 7) is 26.5. The Morgan fingerprint density at radius 1 is 0.800 bits per heavy atom. The molecule has 0 aromatic carbocycles. The van der Waals surface area contributed by atoms with E-state index in [0.29, 0.717) is 25.1 Å². The summed E-state index contributed by atoms with van der Waals surface area (Å²) in [5.74, 6) is -6.96. The highest BCUT2D eigenvalue weighted by atomic mass is 16.7. The van der Waals surface area contributed by atoms with Crippen LogP contribution in [0.15, 0.2) is 5.16 Å². The summed E-state index contributed by atoms with van der Waals surface area (Å²) < 4.78 is 64.5. The first kappa shape index (κ1) is 64.5. The number of hydrogen-bond donors (Lipinski definition) is 2. The third-order valence-corrected chi connectivity index (χ3v) is 16.1. The monoisotopic (exact) mass is 1070 g/mol. The van der Waals surface area contributed by atoms with Crippen LogP contribution in [0.4, 0.5) is 4.79 Å². The summed E-state index contributed by atoms with van der Waals surface area (Å²) in [6.07, 6.45) is -11.5. The van der Waals surface area contributed by atoms with Crippen molar-refractivity contribution in [3.05, 3.63) is 0 Å². The molecule has 2 N–H and O–H groups in total. The van der Waals surface area contributed by atoms with Gasteiger partial charge in [0.05, 0.1) is 54.2 Å². The first-order valence-corrected chi connectivity index (χ1v) is 27.3. The maximum atomic E-state index is 15.7. The molecule has 75 heavy (non-hydrogen) atoms. The Hall–Kier alpha value is -3.05. The molecule has 434 valence electrons. The Morgan fingerprint density at radius 2 is 1.43 bits per heavy atom. The molecule has 1 amide bonds. The number of ketones is 1. The van der Waals surface area contributed by atoms with Gasteiger partial charge in [-0.2, -0.15) is 0 Å². The summed E-state index contributed by atoms with van der Waals surface area (Å²) >= 11 is 0. The second-order valence-corrected chi connectivity index (χ2v) is 23.5. The van der Waals surface area contributed by atoms with Crippen LogP contribution in [-0.4, -0.2) is 196 Å². The number of esters is 2. The number of carbonyl (C=O) groups is 4. The lowest BCUT2D eigenvalue weighted by atomic mass is 9.73. The number of ether oxygens (including phenoxy) is 10. The van der Waals surface area contributed by atoms with Gasteiger partial charge >= 0.3 is 18.0 Å². The van der Waals surface area contributed by atoms with Crippen molar-refractivity contribution in [2.75, 3.05) is 49.0 Å². The molecule has 4 rings (SSSR count). The lowest BCUT2D eigenvalue weighted by Crippen LogP contribution is -2.60. The minimum atomic E-state index is -1.88. The molecule has 4 unspecified atom stereocenters. The third-order valence-electron chi connectivity index (χ3n) is 16.1. The molecular weight excluding hydrogens is 975 g/mol. The van der Waals surface area contributed by atoms with E-state index in [9.17, 15) is 19.8 Å². The third kappa shape index (κ3) is 16.3. The fourth-order valence-corrected chi connectivity index (χ4v) is 12.0. The first-order valence-electron chi connectivity index (χ1n) is 27.3. The zero-order valence-electron chi connectivity index (χ0n) is 48.9. The average molecular weight is 1070 g/mol. The molecule has 0 radical (unpaired) electrons. The van der Waals surface area contributed by atoms with Gasteiger partial charge in [0.15, 0.2) is 24.0 Å². The zero-order valence-corrected chi connectivity index (χ0v) is 48.9. The van der Waals surface area contributed by atoms with E-state index in [1.807, 2.05) is 69.4 Å². The van der Waals surface area contributed by atoms with Crippen molar-refractivity contribution in [1.82, 2.24) is 9.80 Å². The first-order chi connectivity index (χ1) is 35.0. The predicted octanol–water partition coefficient (Wildman–Crippen LogP) is 6.03. The number of methoxy groups -OCH3 is 2. The van der Waals surface area contributed by atoms with E-state index >= 15 is 9.59 Å². The molecule has 0 aliphatic carbocycles. The molecule has 0 aromatic rings. The summed E-state index contributed by atoms with van der Waals surface area (Å²) in [6, 6.07) is 0.0347. The van der Waals surface area contributed by atoms with Gasteiger partial charge in [-0.05, 0) is 85.1 Å². The lowest BCUT2D eigenvalue weighted by Gasteiger charge is -2.46. The zero-order chi connectivity index (χ0) is 56.5. The highest BCUT2D eigenvalue weighted by Crippen LogP contribution is 2.42. The largest absolute Gasteiger partial charge is 0.461 e. The van der Waals surface area contributed by atoms with E-state index in [1.165, 1.54) is 33.2 Å². The van der Waals surface area contributed by atoms with E-state index in [1.54, 1.807) is 34.8 Å². The fraction of sp³-hybridized carbons (Fsp3) is 0.909. The van der Waals surface area contributed by atoms with Gasteiger partial charge in [-0.25, -0.2) is 4.79 Å². The molecule has 0 saturated carbocycles. The molecule has 0 bridgehead atoms. The van der Waals surface area contributed by atoms with Gasteiger partial charge in [0.25, 0.3) is 0 Å². The molecule has 4 heterocycles. The van der Waals surface area contributed by atoms with Gasteiger partial charge in [-0.3, -0.25) is 14.4 Å². The summed E-state index contributed by atoms with van der Waals surface area (Å²) in [4.78, 5) is 67.4. The molecule has 0 spiro atoms. The van der Waals surface area contributed by atoms with Crippen molar-refractivity contribution < 1.29 is 81.6 Å². The van der Waals surface area contributed by atoms with E-state index in [2.05, 4.69) is 17.0 Å². The Morgan fingerprint density at radius 3 is 2.01 bits per heavy atom. The number of Topliss-reactive ketones (excluding diaryl/α,β-unsaturated/α-hetero) is 1. The van der Waals surface area contributed by atoms with Crippen LogP contribution in [0.1, 0.15) is 129 Å². The predicted molar refractivity (Wildman–Crippen MR) is 278 cm³/mol. The molecule has 23 atom stereocenters. The van der Waals surface area contributed by atoms with E-state index < -0.39 is 145 Å². The number of rotatable bonds is 15. The van der Waals surface area contributed by atoms with Crippen molar-refractivity contribution in [3.8, 4) is 0 Å². The Labute approximate surface area is 447 Å². The number of aliphatic hydroxyl groups is 2. The molecule has 4 fully saturated rings. The van der Waals surface area contributed by atoms with Crippen LogP contribution in [0.25, 0.3) is 0 Å². The van der Waals surface area contributed by atoms with Crippen LogP contribution in [0.2, 0.25) is 0 Å². The van der Waals surface area contributed by atoms with Gasteiger partial charge in [-0.1, -0.05) is 60.5 Å². The second-order valence-electron chi connectivity index (χ2n) is 23.5. The van der Waals surface area contributed by atoms with Crippen molar-refractivity contribution >= 4 is 29.5 Å². The van der Waals surface area contributed by atoms with Crippen LogP contribution in [0.3, 0.4) is 0 Å². The number of carbonyl (C=O) groups excluding carboxylic acids is 4. The molecule has 20 heteroatoms. The quantitative estimate of drug-likeness (QED) is 0.108. The number of cyclic esters (lactones) is 1. The van der Waals surface area contributed by atoms with Gasteiger partial charge in [-0.15, -0.1) is 0 Å². The SMILES string of the molecule is CON=C1C[C@@H](C)OC(O[C@@H]2[C@@H](C)[C@H](O[C@H]3C[C@@H](C)N(C)C[C@H](C)O3)[C@@H](C)C(=O)O[C@H](C(C)CC(C)C3O[C@H](C)[C@@H](O)[C@@H](OC)[C@H]3OC)[C@H](C)[C@@H](OC(=O)CC(C)C)[C@@H](C)C(=O)[C@@](C)(OC(=O)N(C)C)C[C@@H]2C)[C@@H]1O. The van der Waals surface area contributed by atoms with E-state index in [4.69, 9.17) is 52.2 Å². The molecule has 20 nitrogen and oxygen atoms in total. The number of amides is 1. The lowest BCUT2D eigenvalue weighted by molar-refractivity contribution is -0.264. The van der Waals surface area contributed by atoms with Crippen molar-refractivity contribution in [2.45, 2.75) is 227 Å². The van der Waals surface area contributed by atoms with Crippen molar-refractivity contribution in [1.29, 1.82) is 0 Å². The van der Waals surface area contributed by atoms with E-state index in [-0.39, 0.29) is 43.2 Å². The van der Waals surface area contributed by atoms with Gasteiger partial charge in [0.2, 0.25) is 0 Å². The number of aliphatic hydroxyl groups excluding tert-OH is 2. The Balaban J connectivity index is 1.99. The summed E-state index contributed by atoms with van der Waals surface area (Å²) in [5.41, 5.74) is -1.57. The Bertz CT molecular complexity index is 1870. The fourth-order valence-electron chi connectivity index (χ4n) is 12.0. The maximum Gasteiger partial charge on any atom is 0.410 e. The van der Waals surface area contributed by atoms with Crippen LogP contribution >= 0.6 is 0 Å². The molecule has 4 aliphatic heterocycles. The molecule has 4 aliphatic rings. The minimum absolute atomic E-state index is 0.0347. The summed E-state index contributed by atoms with van der Waals surface area (Å²) in [7, 11) is 9.51. The molecular formula is C55H97N3O17. The van der Waals surface area contributed by atoms with Gasteiger partial charge < -0.3 is 72.2 Å². The topological polar surface area (TPSA) is 229 Å². The minimum Gasteiger partial charge on any atom is -0.461 e. The van der Waals surface area contributed by atoms with Crippen molar-refractivity contribution in [3.63, 3.8) is 0 Å². The van der Waals surface area contributed by atoms with Crippen LogP contribution < -0.4 is 0 Å². The van der Waals surface area contributed by atoms with E-state index in [0.717, 1.165) is 0 Å². The molecule has 0 aromatic heterocycles. The average Bonchev–Trinajstić information content (AvgIpc) is 3.45. The van der Waals surface area contributed by atoms with Crippen LogP contribution in [0.5, 0.6) is 0 Å². The highest BCUT2D eigenvalue weighted by molar-refractivity contribution is 5.91. The number of nitrogens with zero attached hydrogens (tertiary/aromatic N) is 3. The van der Waals surface area contributed by atoms with Gasteiger partial charge in [0, 0.05) is 72.0 Å². The number of hydrogen-bond acceptors (Lipinski definition) is 19. The van der Waals surface area contributed by atoms with Gasteiger partial charge in [0.1, 0.15) is 43.7 Å². The smallest absolute Gasteiger partial charge is 0.410 e. The van der Waals surface area contributed by atoms with Crippen molar-refractivity contribution in [2.24, 2.45) is 52.5 Å².